The van der Waals surface area contributed by atoms with Gasteiger partial charge in [-0.3, -0.25) is 4.31 Å². The lowest BCUT2D eigenvalue weighted by atomic mass is 9.96. The Morgan fingerprint density at radius 2 is 2.10 bits per heavy atom. The maximum atomic E-state index is 13.0. The van der Waals surface area contributed by atoms with Crippen LogP contribution in [0.3, 0.4) is 0 Å². The number of halogens is 2. The van der Waals surface area contributed by atoms with Gasteiger partial charge in [-0.05, 0) is 49.5 Å². The van der Waals surface area contributed by atoms with Crippen LogP contribution in [-0.4, -0.2) is 29.3 Å². The Labute approximate surface area is 133 Å². The fourth-order valence-corrected chi connectivity index (χ4v) is 5.15. The van der Waals surface area contributed by atoms with Crippen molar-refractivity contribution in [2.75, 3.05) is 6.54 Å². The molecule has 2 unspecified atom stereocenters. The van der Waals surface area contributed by atoms with E-state index in [1.165, 1.54) is 22.5 Å². The molecule has 0 saturated carbocycles. The van der Waals surface area contributed by atoms with Crippen LogP contribution in [0.1, 0.15) is 25.7 Å². The Morgan fingerprint density at radius 3 is 2.81 bits per heavy atom. The van der Waals surface area contributed by atoms with Gasteiger partial charge in [-0.15, -0.1) is 0 Å². The summed E-state index contributed by atoms with van der Waals surface area (Å²) in [7, 11) is -3.50. The third-order valence-electron chi connectivity index (χ3n) is 4.04. The van der Waals surface area contributed by atoms with Gasteiger partial charge in [0.15, 0.2) is 0 Å². The Bertz CT molecular complexity index is 663. The monoisotopic (exact) mass is 373 g/mol. The molecule has 2 atom stereocenters. The van der Waals surface area contributed by atoms with Crippen molar-refractivity contribution in [3.8, 4) is 0 Å². The van der Waals surface area contributed by atoms with Crippen LogP contribution in [0.2, 0.25) is 0 Å². The summed E-state index contributed by atoms with van der Waals surface area (Å²) in [6, 6.07) is 0. The third-order valence-corrected chi connectivity index (χ3v) is 6.78. The van der Waals surface area contributed by atoms with Crippen LogP contribution in [0.15, 0.2) is 47.5 Å². The first kappa shape index (κ1) is 15.0. The topological polar surface area (TPSA) is 37.4 Å². The van der Waals surface area contributed by atoms with Gasteiger partial charge in [0, 0.05) is 11.4 Å². The summed E-state index contributed by atoms with van der Waals surface area (Å²) in [5, 5.41) is -0.673. The van der Waals surface area contributed by atoms with E-state index in [1.807, 2.05) is 6.08 Å². The quantitative estimate of drug-likeness (QED) is 0.693. The van der Waals surface area contributed by atoms with Crippen LogP contribution in [0.4, 0.5) is 4.39 Å². The maximum absolute atomic E-state index is 13.0. The molecule has 6 heteroatoms. The molecule has 3 rings (SSSR count). The summed E-state index contributed by atoms with van der Waals surface area (Å²) in [6.07, 6.45) is 11.0. The van der Waals surface area contributed by atoms with E-state index in [1.54, 1.807) is 0 Å². The highest BCUT2D eigenvalue weighted by Crippen LogP contribution is 2.36. The van der Waals surface area contributed by atoms with Gasteiger partial charge < -0.3 is 0 Å². The molecule has 0 bridgehead atoms. The van der Waals surface area contributed by atoms with Gasteiger partial charge in [-0.25, -0.2) is 12.8 Å². The zero-order valence-electron chi connectivity index (χ0n) is 11.5. The van der Waals surface area contributed by atoms with E-state index in [0.717, 1.165) is 30.5 Å². The highest BCUT2D eigenvalue weighted by molar-refractivity contribution is 9.09. The second kappa shape index (κ2) is 5.72. The lowest BCUT2D eigenvalue weighted by Gasteiger charge is -2.36. The van der Waals surface area contributed by atoms with Crippen LogP contribution in [0.25, 0.3) is 0 Å². The molecule has 1 heterocycles. The minimum Gasteiger partial charge on any atom is -0.270 e. The number of rotatable bonds is 2. The molecule has 2 aliphatic carbocycles. The lowest BCUT2D eigenvalue weighted by molar-refractivity contribution is 0.436. The molecule has 21 heavy (non-hydrogen) atoms. The summed E-state index contributed by atoms with van der Waals surface area (Å²) >= 11 is 3.53. The van der Waals surface area contributed by atoms with Gasteiger partial charge in [-0.2, -0.15) is 0 Å². The van der Waals surface area contributed by atoms with Crippen LogP contribution >= 0.6 is 15.9 Å². The number of alkyl halides is 1. The molecule has 0 N–H and O–H groups in total. The number of hydrogen-bond acceptors (Lipinski definition) is 2. The Balaban J connectivity index is 1.91. The number of hydrogen-bond donors (Lipinski definition) is 0. The zero-order chi connectivity index (χ0) is 15.0. The number of allylic oxidation sites excluding steroid dienone is 6. The average molecular weight is 374 g/mol. The van der Waals surface area contributed by atoms with Crippen molar-refractivity contribution in [1.82, 2.24) is 4.31 Å². The minimum absolute atomic E-state index is 0.172. The Kier molecular flexibility index (Phi) is 4.10. The predicted octanol–water partition coefficient (Wildman–Crippen LogP) is 3.57. The number of fused-ring (bicyclic) bond motifs is 1. The second-order valence-electron chi connectivity index (χ2n) is 5.48. The van der Waals surface area contributed by atoms with E-state index in [9.17, 15) is 12.8 Å². The molecule has 3 aliphatic rings. The van der Waals surface area contributed by atoms with E-state index in [0.29, 0.717) is 6.54 Å². The van der Waals surface area contributed by atoms with E-state index >= 15 is 0 Å². The van der Waals surface area contributed by atoms with Gasteiger partial charge in [-0.1, -0.05) is 28.1 Å². The summed E-state index contributed by atoms with van der Waals surface area (Å²) in [5.41, 5.74) is 1.92. The van der Waals surface area contributed by atoms with Crippen LogP contribution in [0.5, 0.6) is 0 Å². The number of piperidine rings is 1. The Hall–Kier alpha value is -0.880. The first-order chi connectivity index (χ1) is 9.98. The largest absolute Gasteiger partial charge is 0.270 e. The van der Waals surface area contributed by atoms with Gasteiger partial charge in [0.25, 0.3) is 0 Å². The van der Waals surface area contributed by atoms with Crippen molar-refractivity contribution in [3.05, 3.63) is 47.5 Å². The van der Waals surface area contributed by atoms with Crippen molar-refractivity contribution < 1.29 is 12.8 Å². The van der Waals surface area contributed by atoms with Crippen molar-refractivity contribution in [3.63, 3.8) is 0 Å². The standard InChI is InChI=1S/C15H17BrFNO2S/c16-12-4-3-11-2-1-9-18(15(11)10-12)21(19,20)14-7-5-13(17)6-8-14/h3,5-7,10,12,14H,1-2,4,8-9H2. The van der Waals surface area contributed by atoms with Crippen molar-refractivity contribution in [2.24, 2.45) is 0 Å². The zero-order valence-corrected chi connectivity index (χ0v) is 13.9. The maximum Gasteiger partial charge on any atom is 0.241 e. The van der Waals surface area contributed by atoms with Crippen LogP contribution in [-0.2, 0) is 10.0 Å². The molecule has 0 amide bonds. The summed E-state index contributed by atoms with van der Waals surface area (Å²) in [6.45, 7) is 0.502. The molecular weight excluding hydrogens is 357 g/mol. The van der Waals surface area contributed by atoms with Crippen molar-refractivity contribution in [2.45, 2.75) is 35.8 Å². The first-order valence-corrected chi connectivity index (χ1v) is 9.51. The number of nitrogens with zero attached hydrogens (tertiary/aromatic N) is 1. The predicted molar refractivity (Wildman–Crippen MR) is 85.1 cm³/mol. The van der Waals surface area contributed by atoms with E-state index in [2.05, 4.69) is 22.0 Å². The molecule has 114 valence electrons. The SMILES string of the molecule is O=S(=O)(C1C=CC(F)=CC1)N1CCCC2=CCC(Br)C=C21. The molecule has 1 aliphatic heterocycles. The molecule has 1 saturated heterocycles. The summed E-state index contributed by atoms with van der Waals surface area (Å²) in [4.78, 5) is 0.172. The highest BCUT2D eigenvalue weighted by Gasteiger charge is 2.36. The Morgan fingerprint density at radius 1 is 1.29 bits per heavy atom. The van der Waals surface area contributed by atoms with Crippen LogP contribution in [0, 0.1) is 0 Å². The smallest absolute Gasteiger partial charge is 0.241 e. The molecule has 1 fully saturated rings. The summed E-state index contributed by atoms with van der Waals surface area (Å²) in [5.74, 6) is -0.363. The average Bonchev–Trinajstić information content (AvgIpc) is 2.47. The number of sulfonamides is 1. The molecule has 0 aromatic carbocycles. The normalized spacial score (nSPS) is 29.4. The van der Waals surface area contributed by atoms with Gasteiger partial charge >= 0.3 is 0 Å². The van der Waals surface area contributed by atoms with Crippen LogP contribution < -0.4 is 0 Å². The molecule has 0 aromatic heterocycles. The summed E-state index contributed by atoms with van der Waals surface area (Å²) < 4.78 is 40.3. The van der Waals surface area contributed by atoms with E-state index in [4.69, 9.17) is 0 Å². The highest BCUT2D eigenvalue weighted by atomic mass is 79.9. The van der Waals surface area contributed by atoms with E-state index < -0.39 is 15.3 Å². The third kappa shape index (κ3) is 2.88. The second-order valence-corrected chi connectivity index (χ2v) is 8.73. The fraction of sp³-hybridized carbons (Fsp3) is 0.467. The molecule has 0 spiro atoms. The molecule has 0 radical (unpaired) electrons. The fourth-order valence-electron chi connectivity index (χ4n) is 2.94. The van der Waals surface area contributed by atoms with Gasteiger partial charge in [0.05, 0.1) is 5.70 Å². The van der Waals surface area contributed by atoms with Gasteiger partial charge in [0.1, 0.15) is 11.1 Å². The van der Waals surface area contributed by atoms with Crippen molar-refractivity contribution in [1.29, 1.82) is 0 Å². The van der Waals surface area contributed by atoms with E-state index in [-0.39, 0.29) is 17.1 Å². The molecular formula is C15H17BrFNO2S. The van der Waals surface area contributed by atoms with Crippen molar-refractivity contribution >= 4 is 26.0 Å². The van der Waals surface area contributed by atoms with Gasteiger partial charge in [0.2, 0.25) is 10.0 Å². The minimum atomic E-state index is -3.50. The molecule has 3 nitrogen and oxygen atoms in total. The first-order valence-electron chi connectivity index (χ1n) is 7.09. The lowest BCUT2D eigenvalue weighted by Crippen LogP contribution is -2.41. The molecule has 0 aromatic rings.